The fraction of sp³-hybridized carbons (Fsp3) is 0.556. The molecule has 0 aliphatic heterocycles. The van der Waals surface area contributed by atoms with Crippen LogP contribution in [-0.4, -0.2) is 22.8 Å². The number of aromatic nitrogens is 1. The van der Waals surface area contributed by atoms with Crippen LogP contribution >= 0.6 is 0 Å². The van der Waals surface area contributed by atoms with Gasteiger partial charge in [-0.15, -0.1) is 0 Å². The van der Waals surface area contributed by atoms with Crippen molar-refractivity contribution in [2.75, 3.05) is 13.2 Å². The van der Waals surface area contributed by atoms with Gasteiger partial charge in [-0.25, -0.2) is 0 Å². The molecule has 0 fully saturated rings. The molecule has 0 saturated carbocycles. The van der Waals surface area contributed by atoms with Crippen LogP contribution in [0.15, 0.2) is 30.5 Å². The molecule has 2 N–H and O–H groups in total. The lowest BCUT2D eigenvalue weighted by molar-refractivity contribution is 0.282. The number of nitrogens with zero attached hydrogens (tertiary/aromatic N) is 1. The highest BCUT2D eigenvalue weighted by atomic mass is 16.2. The average molecular weight is 288 g/mol. The van der Waals surface area contributed by atoms with Gasteiger partial charge in [0.25, 0.3) is 0 Å². The molecule has 3 heteroatoms. The van der Waals surface area contributed by atoms with Gasteiger partial charge in [0.1, 0.15) is 0 Å². The molecule has 1 aromatic carbocycles. The zero-order valence-corrected chi connectivity index (χ0v) is 13.3. The highest BCUT2D eigenvalue weighted by Crippen LogP contribution is 2.21. The van der Waals surface area contributed by atoms with Crippen molar-refractivity contribution in [3.63, 3.8) is 0 Å². The van der Waals surface area contributed by atoms with Crippen molar-refractivity contribution in [2.45, 2.75) is 46.2 Å². The molecule has 1 aromatic heterocycles. The molecule has 116 valence electrons. The zero-order valence-electron chi connectivity index (χ0n) is 13.3. The molecule has 0 atom stereocenters. The van der Waals surface area contributed by atoms with Crippen molar-refractivity contribution in [3.8, 4) is 0 Å². The van der Waals surface area contributed by atoms with E-state index in [1.54, 1.807) is 0 Å². The summed E-state index contributed by atoms with van der Waals surface area (Å²) in [4.78, 5) is 0. The summed E-state index contributed by atoms with van der Waals surface area (Å²) in [5.41, 5.74) is 2.70. The van der Waals surface area contributed by atoms with E-state index in [0.29, 0.717) is 12.5 Å². The highest BCUT2D eigenvalue weighted by Gasteiger charge is 2.05. The summed E-state index contributed by atoms with van der Waals surface area (Å²) in [6.45, 7) is 7.79. The Morgan fingerprint density at radius 1 is 1.14 bits per heavy atom. The molecule has 2 aromatic rings. The van der Waals surface area contributed by atoms with Crippen LogP contribution in [-0.2, 0) is 13.1 Å². The maximum atomic E-state index is 8.84. The Hall–Kier alpha value is -1.32. The SMILES string of the molecule is CC(C)CNCc1cccc2c1ccn2CCCCCO. The van der Waals surface area contributed by atoms with Gasteiger partial charge in [0.2, 0.25) is 0 Å². The first-order valence-corrected chi connectivity index (χ1v) is 8.10. The van der Waals surface area contributed by atoms with Crippen LogP contribution in [0.5, 0.6) is 0 Å². The summed E-state index contributed by atoms with van der Waals surface area (Å²) >= 11 is 0. The first-order valence-electron chi connectivity index (χ1n) is 8.10. The number of aliphatic hydroxyl groups excluding tert-OH is 1. The van der Waals surface area contributed by atoms with E-state index >= 15 is 0 Å². The molecule has 0 amide bonds. The highest BCUT2D eigenvalue weighted by molar-refractivity contribution is 5.83. The van der Waals surface area contributed by atoms with E-state index in [-0.39, 0.29) is 0 Å². The topological polar surface area (TPSA) is 37.2 Å². The number of nitrogens with one attached hydrogen (secondary N) is 1. The Kier molecular flexibility index (Phi) is 6.27. The number of aliphatic hydroxyl groups is 1. The van der Waals surface area contributed by atoms with Gasteiger partial charge in [0.05, 0.1) is 0 Å². The molecule has 0 aliphatic carbocycles. The Balaban J connectivity index is 2.02. The zero-order chi connectivity index (χ0) is 15.1. The van der Waals surface area contributed by atoms with Gasteiger partial charge in [0, 0.05) is 36.8 Å². The summed E-state index contributed by atoms with van der Waals surface area (Å²) in [5, 5.41) is 13.7. The third kappa shape index (κ3) is 4.58. The second-order valence-corrected chi connectivity index (χ2v) is 6.17. The number of aryl methyl sites for hydroxylation is 1. The normalized spacial score (nSPS) is 11.6. The minimum absolute atomic E-state index is 0.304. The molecule has 3 nitrogen and oxygen atoms in total. The number of hydrogen-bond acceptors (Lipinski definition) is 2. The summed E-state index contributed by atoms with van der Waals surface area (Å²) in [6, 6.07) is 8.80. The molecular formula is C18H28N2O. The lowest BCUT2D eigenvalue weighted by Crippen LogP contribution is -2.19. The molecule has 0 spiro atoms. The van der Waals surface area contributed by atoms with E-state index in [9.17, 15) is 0 Å². The summed E-state index contributed by atoms with van der Waals surface area (Å²) in [7, 11) is 0. The van der Waals surface area contributed by atoms with Crippen molar-refractivity contribution in [2.24, 2.45) is 5.92 Å². The molecular weight excluding hydrogens is 260 g/mol. The molecule has 0 saturated heterocycles. The van der Waals surface area contributed by atoms with E-state index < -0.39 is 0 Å². The van der Waals surface area contributed by atoms with Crippen LogP contribution < -0.4 is 5.32 Å². The van der Waals surface area contributed by atoms with E-state index in [1.165, 1.54) is 16.5 Å². The van der Waals surface area contributed by atoms with Crippen LogP contribution in [0, 0.1) is 5.92 Å². The van der Waals surface area contributed by atoms with Gasteiger partial charge in [-0.2, -0.15) is 0 Å². The third-order valence-electron chi connectivity index (χ3n) is 3.83. The maximum Gasteiger partial charge on any atom is 0.0483 e. The van der Waals surface area contributed by atoms with Gasteiger partial charge in [-0.05, 0) is 49.4 Å². The van der Waals surface area contributed by atoms with Gasteiger partial charge < -0.3 is 15.0 Å². The van der Waals surface area contributed by atoms with Gasteiger partial charge in [0.15, 0.2) is 0 Å². The van der Waals surface area contributed by atoms with Crippen LogP contribution in [0.3, 0.4) is 0 Å². The predicted molar refractivity (Wildman–Crippen MR) is 89.4 cm³/mol. The molecule has 2 rings (SSSR count). The van der Waals surface area contributed by atoms with Gasteiger partial charge in [-0.3, -0.25) is 0 Å². The number of rotatable bonds is 9. The Labute approximate surface area is 128 Å². The van der Waals surface area contributed by atoms with E-state index in [1.807, 2.05) is 0 Å². The molecule has 1 heterocycles. The molecule has 0 bridgehead atoms. The van der Waals surface area contributed by atoms with Crippen molar-refractivity contribution in [1.29, 1.82) is 0 Å². The van der Waals surface area contributed by atoms with Crippen molar-refractivity contribution in [1.82, 2.24) is 9.88 Å². The first-order chi connectivity index (χ1) is 10.2. The average Bonchev–Trinajstić information content (AvgIpc) is 2.87. The first kappa shape index (κ1) is 16.1. The lowest BCUT2D eigenvalue weighted by atomic mass is 10.1. The van der Waals surface area contributed by atoms with Crippen molar-refractivity contribution < 1.29 is 5.11 Å². The monoisotopic (exact) mass is 288 g/mol. The summed E-state index contributed by atoms with van der Waals surface area (Å²) in [5.74, 6) is 0.681. The Morgan fingerprint density at radius 3 is 2.76 bits per heavy atom. The maximum absolute atomic E-state index is 8.84. The Morgan fingerprint density at radius 2 is 2.00 bits per heavy atom. The van der Waals surface area contributed by atoms with Crippen LogP contribution in [0.4, 0.5) is 0 Å². The molecule has 21 heavy (non-hydrogen) atoms. The molecule has 0 aliphatic rings. The Bertz CT molecular complexity index is 545. The third-order valence-corrected chi connectivity index (χ3v) is 3.83. The largest absolute Gasteiger partial charge is 0.396 e. The van der Waals surface area contributed by atoms with Crippen LogP contribution in [0.25, 0.3) is 10.9 Å². The smallest absolute Gasteiger partial charge is 0.0483 e. The number of unbranched alkanes of at least 4 members (excludes halogenated alkanes) is 2. The summed E-state index contributed by atoms with van der Waals surface area (Å²) in [6.07, 6.45) is 5.31. The van der Waals surface area contributed by atoms with Gasteiger partial charge in [-0.1, -0.05) is 26.0 Å². The second kappa shape index (κ2) is 8.20. The fourth-order valence-electron chi connectivity index (χ4n) is 2.70. The quantitative estimate of drug-likeness (QED) is 0.692. The second-order valence-electron chi connectivity index (χ2n) is 6.17. The van der Waals surface area contributed by atoms with E-state index in [0.717, 1.165) is 38.9 Å². The minimum atomic E-state index is 0.304. The van der Waals surface area contributed by atoms with E-state index in [2.05, 4.69) is 54.2 Å². The van der Waals surface area contributed by atoms with Crippen LogP contribution in [0.1, 0.15) is 38.7 Å². The van der Waals surface area contributed by atoms with Crippen molar-refractivity contribution in [3.05, 3.63) is 36.0 Å². The van der Waals surface area contributed by atoms with E-state index in [4.69, 9.17) is 5.11 Å². The lowest BCUT2D eigenvalue weighted by Gasteiger charge is -2.10. The summed E-state index contributed by atoms with van der Waals surface area (Å²) < 4.78 is 2.33. The fourth-order valence-corrected chi connectivity index (χ4v) is 2.70. The predicted octanol–water partition coefficient (Wildman–Crippen LogP) is 3.55. The number of hydrogen-bond donors (Lipinski definition) is 2. The number of fused-ring (bicyclic) bond motifs is 1. The van der Waals surface area contributed by atoms with Gasteiger partial charge >= 0.3 is 0 Å². The number of benzene rings is 1. The molecule has 0 unspecified atom stereocenters. The minimum Gasteiger partial charge on any atom is -0.396 e. The molecule has 0 radical (unpaired) electrons. The standard InChI is InChI=1S/C18H28N2O/c1-15(2)13-19-14-16-7-6-8-18-17(16)9-11-20(18)10-4-3-5-12-21/h6-9,11,15,19,21H,3-5,10,12-14H2,1-2H3. The van der Waals surface area contributed by atoms with Crippen LogP contribution in [0.2, 0.25) is 0 Å². The van der Waals surface area contributed by atoms with Crippen molar-refractivity contribution >= 4 is 10.9 Å².